The van der Waals surface area contributed by atoms with E-state index in [1.807, 2.05) is 42.5 Å². The second-order valence-electron chi connectivity index (χ2n) is 8.48. The lowest BCUT2D eigenvalue weighted by Crippen LogP contribution is -2.05. The highest BCUT2D eigenvalue weighted by atomic mass is 16.5. The molecule has 0 saturated carbocycles. The van der Waals surface area contributed by atoms with Crippen molar-refractivity contribution in [3.63, 3.8) is 0 Å². The lowest BCUT2D eigenvalue weighted by atomic mass is 10.0. The van der Waals surface area contributed by atoms with Crippen LogP contribution >= 0.6 is 0 Å². The molecule has 4 nitrogen and oxygen atoms in total. The number of hydrogen-bond acceptors (Lipinski definition) is 3. The highest BCUT2D eigenvalue weighted by Crippen LogP contribution is 2.37. The summed E-state index contributed by atoms with van der Waals surface area (Å²) in [4.78, 5) is 11.2. The van der Waals surface area contributed by atoms with Gasteiger partial charge in [0.1, 0.15) is 17.1 Å². The quantitative estimate of drug-likeness (QED) is 0.277. The van der Waals surface area contributed by atoms with Crippen LogP contribution in [-0.2, 0) is 17.6 Å². The maximum absolute atomic E-state index is 11.2. The van der Waals surface area contributed by atoms with Gasteiger partial charge in [-0.3, -0.25) is 4.79 Å². The highest BCUT2D eigenvalue weighted by molar-refractivity contribution is 5.89. The van der Waals surface area contributed by atoms with Crippen LogP contribution in [0.15, 0.2) is 65.1 Å². The van der Waals surface area contributed by atoms with Crippen molar-refractivity contribution in [2.75, 3.05) is 12.4 Å². The second kappa shape index (κ2) is 10.4. The number of amides is 1. The smallest absolute Gasteiger partial charge is 0.221 e. The van der Waals surface area contributed by atoms with E-state index in [1.54, 1.807) is 7.11 Å². The van der Waals surface area contributed by atoms with E-state index < -0.39 is 0 Å². The highest BCUT2D eigenvalue weighted by Gasteiger charge is 2.14. The number of methoxy groups -OCH3 is 1. The summed E-state index contributed by atoms with van der Waals surface area (Å²) < 4.78 is 12.1. The normalized spacial score (nSPS) is 11.3. The first-order valence-corrected chi connectivity index (χ1v) is 11.8. The van der Waals surface area contributed by atoms with Crippen LogP contribution in [0.4, 0.5) is 5.69 Å². The first-order valence-electron chi connectivity index (χ1n) is 11.8. The molecule has 34 heavy (non-hydrogen) atoms. The molecule has 0 radical (unpaired) electrons. The third kappa shape index (κ3) is 5.23. The van der Waals surface area contributed by atoms with Crippen molar-refractivity contribution in [2.24, 2.45) is 0 Å². The van der Waals surface area contributed by atoms with Crippen LogP contribution in [0.3, 0.4) is 0 Å². The molecule has 4 heteroatoms. The summed E-state index contributed by atoms with van der Waals surface area (Å²) in [7, 11) is 1.69. The van der Waals surface area contributed by atoms with E-state index in [9.17, 15) is 4.79 Å². The summed E-state index contributed by atoms with van der Waals surface area (Å²) in [5, 5.41) is 3.93. The summed E-state index contributed by atoms with van der Waals surface area (Å²) >= 11 is 0. The fourth-order valence-electron chi connectivity index (χ4n) is 4.21. The first-order chi connectivity index (χ1) is 16.5. The first kappa shape index (κ1) is 23.4. The Morgan fingerprint density at radius 1 is 0.971 bits per heavy atom. The Labute approximate surface area is 201 Å². The molecular weight excluding hydrogens is 422 g/mol. The van der Waals surface area contributed by atoms with Crippen LogP contribution in [0.25, 0.3) is 34.4 Å². The molecule has 4 rings (SSSR count). The van der Waals surface area contributed by atoms with Gasteiger partial charge in [0, 0.05) is 18.0 Å². The van der Waals surface area contributed by atoms with Crippen molar-refractivity contribution in [1.82, 2.24) is 0 Å². The van der Waals surface area contributed by atoms with E-state index in [2.05, 4.69) is 49.5 Å². The standard InChI is InChI=1S/C30H31NO3/c1-5-7-23-16-24(6-2)30-25(17-23)19-29(34-30)27-15-12-22(18-28(27)33-4)9-8-21-10-13-26(14-11-21)31-20(3)32/h8-19H,5-7H2,1-4H3,(H,31,32). The van der Waals surface area contributed by atoms with E-state index in [4.69, 9.17) is 9.15 Å². The number of ether oxygens (including phenoxy) is 1. The van der Waals surface area contributed by atoms with E-state index in [-0.39, 0.29) is 5.91 Å². The molecular formula is C30H31NO3. The summed E-state index contributed by atoms with van der Waals surface area (Å²) in [5.74, 6) is 1.51. The van der Waals surface area contributed by atoms with Crippen LogP contribution < -0.4 is 10.1 Å². The maximum atomic E-state index is 11.2. The number of carbonyl (C=O) groups excluding carboxylic acids is 1. The van der Waals surface area contributed by atoms with Gasteiger partial charge in [-0.1, -0.05) is 56.7 Å². The Hall–Kier alpha value is -3.79. The van der Waals surface area contributed by atoms with Crippen molar-refractivity contribution in [2.45, 2.75) is 40.0 Å². The zero-order valence-electron chi connectivity index (χ0n) is 20.3. The monoisotopic (exact) mass is 453 g/mol. The van der Waals surface area contributed by atoms with Crippen molar-refractivity contribution in [3.05, 3.63) is 82.9 Å². The molecule has 0 aliphatic rings. The number of aryl methyl sites for hydroxylation is 2. The predicted octanol–water partition coefficient (Wildman–Crippen LogP) is 7.75. The average Bonchev–Trinajstić information content (AvgIpc) is 3.26. The topological polar surface area (TPSA) is 51.5 Å². The molecule has 4 aromatic rings. The predicted molar refractivity (Wildman–Crippen MR) is 141 cm³/mol. The Morgan fingerprint density at radius 2 is 1.71 bits per heavy atom. The Bertz CT molecular complexity index is 1330. The van der Waals surface area contributed by atoms with Gasteiger partial charge in [-0.2, -0.15) is 0 Å². The fraction of sp³-hybridized carbons (Fsp3) is 0.233. The van der Waals surface area contributed by atoms with E-state index in [0.29, 0.717) is 0 Å². The van der Waals surface area contributed by atoms with E-state index in [1.165, 1.54) is 18.1 Å². The zero-order chi connectivity index (χ0) is 24.1. The van der Waals surface area contributed by atoms with Crippen LogP contribution in [0.5, 0.6) is 5.75 Å². The molecule has 0 spiro atoms. The Balaban J connectivity index is 1.61. The lowest BCUT2D eigenvalue weighted by molar-refractivity contribution is -0.114. The summed E-state index contributed by atoms with van der Waals surface area (Å²) in [6, 6.07) is 20.5. The van der Waals surface area contributed by atoms with E-state index >= 15 is 0 Å². The Morgan fingerprint density at radius 3 is 2.38 bits per heavy atom. The van der Waals surface area contributed by atoms with Gasteiger partial charge in [0.05, 0.1) is 12.7 Å². The van der Waals surface area contributed by atoms with Gasteiger partial charge in [-0.15, -0.1) is 0 Å². The van der Waals surface area contributed by atoms with Crippen LogP contribution in [0, 0.1) is 0 Å². The van der Waals surface area contributed by atoms with Crippen molar-refractivity contribution < 1.29 is 13.9 Å². The minimum absolute atomic E-state index is 0.0766. The number of nitrogens with one attached hydrogen (secondary N) is 1. The molecule has 0 aliphatic heterocycles. The molecule has 1 aromatic heterocycles. The molecule has 174 valence electrons. The number of anilines is 1. The maximum Gasteiger partial charge on any atom is 0.221 e. The molecule has 1 heterocycles. The molecule has 0 aliphatic carbocycles. The van der Waals surface area contributed by atoms with Gasteiger partial charge in [0.25, 0.3) is 0 Å². The summed E-state index contributed by atoms with van der Waals surface area (Å²) in [5.41, 5.74) is 7.37. The minimum Gasteiger partial charge on any atom is -0.496 e. The van der Waals surface area contributed by atoms with Crippen molar-refractivity contribution in [1.29, 1.82) is 0 Å². The minimum atomic E-state index is -0.0766. The van der Waals surface area contributed by atoms with Gasteiger partial charge in [0.15, 0.2) is 0 Å². The zero-order valence-corrected chi connectivity index (χ0v) is 20.3. The number of rotatable bonds is 8. The molecule has 0 saturated heterocycles. The molecule has 0 fully saturated rings. The molecule has 0 atom stereocenters. The number of fused-ring (bicyclic) bond motifs is 1. The molecule has 1 N–H and O–H groups in total. The summed E-state index contributed by atoms with van der Waals surface area (Å²) in [6.07, 6.45) is 7.22. The Kier molecular flexibility index (Phi) is 7.17. The number of benzene rings is 3. The average molecular weight is 454 g/mol. The van der Waals surface area contributed by atoms with Gasteiger partial charge in [0.2, 0.25) is 5.91 Å². The molecule has 1 amide bonds. The van der Waals surface area contributed by atoms with Gasteiger partial charge < -0.3 is 14.5 Å². The van der Waals surface area contributed by atoms with Gasteiger partial charge in [-0.05, 0) is 71.5 Å². The van der Waals surface area contributed by atoms with Crippen LogP contribution in [0.2, 0.25) is 0 Å². The van der Waals surface area contributed by atoms with Crippen LogP contribution in [0.1, 0.15) is 49.4 Å². The van der Waals surface area contributed by atoms with Crippen molar-refractivity contribution in [3.8, 4) is 17.1 Å². The van der Waals surface area contributed by atoms with Gasteiger partial charge in [-0.25, -0.2) is 0 Å². The van der Waals surface area contributed by atoms with Crippen molar-refractivity contribution >= 4 is 34.7 Å². The molecule has 0 bridgehead atoms. The second-order valence-corrected chi connectivity index (χ2v) is 8.48. The summed E-state index contributed by atoms with van der Waals surface area (Å²) in [6.45, 7) is 5.88. The van der Waals surface area contributed by atoms with Crippen LogP contribution in [-0.4, -0.2) is 13.0 Å². The molecule has 3 aromatic carbocycles. The third-order valence-corrected chi connectivity index (χ3v) is 5.86. The number of hydrogen-bond donors (Lipinski definition) is 1. The third-order valence-electron chi connectivity index (χ3n) is 5.86. The fourth-order valence-corrected chi connectivity index (χ4v) is 4.21. The molecule has 0 unspecified atom stereocenters. The SMILES string of the molecule is CCCc1cc(CC)c2oc(-c3ccc(C=Cc4ccc(NC(C)=O)cc4)cc3OC)cc2c1. The number of furan rings is 1. The van der Waals surface area contributed by atoms with Gasteiger partial charge >= 0.3 is 0 Å². The number of carbonyl (C=O) groups is 1. The lowest BCUT2D eigenvalue weighted by Gasteiger charge is -2.07. The van der Waals surface area contributed by atoms with E-state index in [0.717, 1.165) is 64.1 Å². The largest absolute Gasteiger partial charge is 0.496 e.